The fraction of sp³-hybridized carbons (Fsp3) is 0.471. The highest BCUT2D eigenvalue weighted by Gasteiger charge is 2.32. The molecule has 1 aliphatic heterocycles. The second-order valence-electron chi connectivity index (χ2n) is 7.29. The number of hydrogen-bond donors (Lipinski definition) is 2. The molecule has 3 aromatic heterocycles. The number of nitrogens with zero attached hydrogens (tertiary/aromatic N) is 3. The number of imidazole rings is 1. The highest BCUT2D eigenvalue weighted by molar-refractivity contribution is 6.00. The molecule has 4 rings (SSSR count). The van der Waals surface area contributed by atoms with Crippen molar-refractivity contribution in [3.8, 4) is 0 Å². The molecule has 1 amide bonds. The van der Waals surface area contributed by atoms with Gasteiger partial charge >= 0.3 is 6.09 Å². The largest absolute Gasteiger partial charge is 0.444 e. The van der Waals surface area contributed by atoms with E-state index in [1.165, 1.54) is 0 Å². The summed E-state index contributed by atoms with van der Waals surface area (Å²) in [5, 5.41) is 1.01. The zero-order chi connectivity index (χ0) is 16.9. The van der Waals surface area contributed by atoms with Crippen LogP contribution < -0.4 is 0 Å². The summed E-state index contributed by atoms with van der Waals surface area (Å²) in [5.74, 6) is 1.10. The average molecular weight is 327 g/mol. The third kappa shape index (κ3) is 2.60. The Hall–Kier alpha value is -2.57. The van der Waals surface area contributed by atoms with Gasteiger partial charge in [-0.05, 0) is 33.3 Å². The van der Waals surface area contributed by atoms with Crippen molar-refractivity contribution >= 4 is 28.2 Å². The lowest BCUT2D eigenvalue weighted by Crippen LogP contribution is -2.35. The lowest BCUT2D eigenvalue weighted by atomic mass is 10.1. The molecule has 4 heterocycles. The monoisotopic (exact) mass is 327 g/mol. The Morgan fingerprint density at radius 2 is 2.25 bits per heavy atom. The Labute approximate surface area is 139 Å². The average Bonchev–Trinajstić information content (AvgIpc) is 3.22. The lowest BCUT2D eigenvalue weighted by molar-refractivity contribution is 0.0292. The molecular weight excluding hydrogens is 306 g/mol. The molecule has 1 aliphatic rings. The van der Waals surface area contributed by atoms with Crippen LogP contribution in [-0.4, -0.2) is 49.6 Å². The van der Waals surface area contributed by atoms with Gasteiger partial charge in [-0.3, -0.25) is 0 Å². The van der Waals surface area contributed by atoms with Crippen molar-refractivity contribution in [1.82, 2.24) is 24.8 Å². The van der Waals surface area contributed by atoms with E-state index in [4.69, 9.17) is 9.72 Å². The summed E-state index contributed by atoms with van der Waals surface area (Å²) in [6.45, 7) is 6.96. The van der Waals surface area contributed by atoms with Gasteiger partial charge in [0, 0.05) is 30.6 Å². The quantitative estimate of drug-likeness (QED) is 0.719. The van der Waals surface area contributed by atoms with Crippen LogP contribution in [-0.2, 0) is 4.74 Å². The molecule has 1 saturated heterocycles. The van der Waals surface area contributed by atoms with Crippen LogP contribution in [0.2, 0.25) is 0 Å². The number of amides is 1. The number of likely N-dealkylation sites (tertiary alicyclic amines) is 1. The van der Waals surface area contributed by atoms with Crippen molar-refractivity contribution < 1.29 is 9.53 Å². The Kier molecular flexibility index (Phi) is 3.26. The Morgan fingerprint density at radius 1 is 1.42 bits per heavy atom. The maximum atomic E-state index is 12.2. The van der Waals surface area contributed by atoms with Crippen molar-refractivity contribution in [2.24, 2.45) is 0 Å². The van der Waals surface area contributed by atoms with Crippen LogP contribution in [0.3, 0.4) is 0 Å². The van der Waals surface area contributed by atoms with E-state index in [0.29, 0.717) is 13.1 Å². The second-order valence-corrected chi connectivity index (χ2v) is 7.29. The fourth-order valence-corrected chi connectivity index (χ4v) is 3.16. The molecule has 1 atom stereocenters. The molecule has 24 heavy (non-hydrogen) atoms. The minimum atomic E-state index is -0.472. The summed E-state index contributed by atoms with van der Waals surface area (Å²) < 4.78 is 5.45. The molecule has 0 bridgehead atoms. The van der Waals surface area contributed by atoms with Crippen LogP contribution in [0, 0.1) is 0 Å². The second kappa shape index (κ2) is 5.22. The number of ether oxygens (including phenoxy) is 1. The summed E-state index contributed by atoms with van der Waals surface area (Å²) >= 11 is 0. The van der Waals surface area contributed by atoms with Gasteiger partial charge in [0.2, 0.25) is 0 Å². The summed E-state index contributed by atoms with van der Waals surface area (Å²) in [4.78, 5) is 29.6. The summed E-state index contributed by atoms with van der Waals surface area (Å²) in [6.07, 6.45) is 4.29. The van der Waals surface area contributed by atoms with Crippen molar-refractivity contribution in [2.45, 2.75) is 38.7 Å². The smallest absolute Gasteiger partial charge is 0.410 e. The van der Waals surface area contributed by atoms with E-state index in [2.05, 4.69) is 15.0 Å². The first-order valence-electron chi connectivity index (χ1n) is 8.20. The number of nitrogens with one attached hydrogen (secondary N) is 2. The summed E-state index contributed by atoms with van der Waals surface area (Å²) in [6, 6.07) is 1.98. The fourth-order valence-electron chi connectivity index (χ4n) is 3.16. The van der Waals surface area contributed by atoms with Gasteiger partial charge in [0.05, 0.1) is 11.7 Å². The molecule has 3 aromatic rings. The maximum absolute atomic E-state index is 12.2. The Morgan fingerprint density at radius 3 is 3.04 bits per heavy atom. The van der Waals surface area contributed by atoms with Crippen LogP contribution in [0.5, 0.6) is 0 Å². The van der Waals surface area contributed by atoms with E-state index in [-0.39, 0.29) is 12.0 Å². The standard InChI is InChI=1S/C17H21N5O2/c1-17(2,3)24-16(23)22-7-5-10(9-22)14-20-12-8-19-15-11(4-6-18-15)13(12)21-14/h4,6,8,10H,5,7,9H2,1-3H3,(H,18,19)(H,20,21). The van der Waals surface area contributed by atoms with Gasteiger partial charge in [-0.15, -0.1) is 0 Å². The molecule has 0 spiro atoms. The van der Waals surface area contributed by atoms with E-state index in [0.717, 1.165) is 34.3 Å². The first-order valence-corrected chi connectivity index (χ1v) is 8.20. The maximum Gasteiger partial charge on any atom is 0.410 e. The molecule has 0 radical (unpaired) electrons. The third-order valence-corrected chi connectivity index (χ3v) is 4.28. The number of rotatable bonds is 1. The summed E-state index contributed by atoms with van der Waals surface area (Å²) in [5.41, 5.74) is 2.21. The first-order chi connectivity index (χ1) is 11.4. The molecule has 0 aromatic carbocycles. The third-order valence-electron chi connectivity index (χ3n) is 4.28. The Balaban J connectivity index is 1.57. The minimum absolute atomic E-state index is 0.193. The van der Waals surface area contributed by atoms with Crippen LogP contribution in [0.1, 0.15) is 38.9 Å². The van der Waals surface area contributed by atoms with E-state index >= 15 is 0 Å². The molecule has 7 nitrogen and oxygen atoms in total. The summed E-state index contributed by atoms with van der Waals surface area (Å²) in [7, 11) is 0. The highest BCUT2D eigenvalue weighted by atomic mass is 16.6. The molecule has 1 unspecified atom stereocenters. The van der Waals surface area contributed by atoms with E-state index in [1.54, 1.807) is 11.1 Å². The van der Waals surface area contributed by atoms with E-state index < -0.39 is 5.60 Å². The molecule has 0 saturated carbocycles. The molecule has 7 heteroatoms. The predicted molar refractivity (Wildman–Crippen MR) is 90.9 cm³/mol. The van der Waals surface area contributed by atoms with Gasteiger partial charge in [-0.1, -0.05) is 0 Å². The number of carbonyl (C=O) groups is 1. The van der Waals surface area contributed by atoms with Crippen molar-refractivity contribution in [1.29, 1.82) is 0 Å². The SMILES string of the molecule is CC(C)(C)OC(=O)N1CCC(c2nc3c(cnc4[nH]ccc43)[nH]2)C1. The lowest BCUT2D eigenvalue weighted by Gasteiger charge is -2.24. The van der Waals surface area contributed by atoms with Crippen molar-refractivity contribution in [2.75, 3.05) is 13.1 Å². The normalized spacial score (nSPS) is 18.6. The van der Waals surface area contributed by atoms with Crippen molar-refractivity contribution in [3.63, 3.8) is 0 Å². The molecule has 2 N–H and O–H groups in total. The number of carbonyl (C=O) groups excluding carboxylic acids is 1. The first kappa shape index (κ1) is 15.0. The number of hydrogen-bond acceptors (Lipinski definition) is 4. The van der Waals surface area contributed by atoms with E-state index in [1.807, 2.05) is 33.0 Å². The Bertz CT molecular complexity index is 905. The van der Waals surface area contributed by atoms with E-state index in [9.17, 15) is 4.79 Å². The van der Waals surface area contributed by atoms with Gasteiger partial charge in [0.1, 0.15) is 22.6 Å². The van der Waals surface area contributed by atoms with Gasteiger partial charge in [0.25, 0.3) is 0 Å². The highest BCUT2D eigenvalue weighted by Crippen LogP contribution is 2.29. The topological polar surface area (TPSA) is 86.9 Å². The van der Waals surface area contributed by atoms with Gasteiger partial charge < -0.3 is 19.6 Å². The van der Waals surface area contributed by atoms with Crippen molar-refractivity contribution in [3.05, 3.63) is 24.3 Å². The molecular formula is C17H21N5O2. The van der Waals surface area contributed by atoms with Crippen LogP contribution >= 0.6 is 0 Å². The van der Waals surface area contributed by atoms with Crippen LogP contribution in [0.15, 0.2) is 18.5 Å². The number of H-pyrrole nitrogens is 2. The predicted octanol–water partition coefficient (Wildman–Crippen LogP) is 3.16. The number of aromatic nitrogens is 4. The number of pyridine rings is 1. The van der Waals surface area contributed by atoms with Crippen LogP contribution in [0.25, 0.3) is 22.1 Å². The van der Waals surface area contributed by atoms with Crippen LogP contribution in [0.4, 0.5) is 4.79 Å². The van der Waals surface area contributed by atoms with Gasteiger partial charge in [-0.2, -0.15) is 0 Å². The zero-order valence-electron chi connectivity index (χ0n) is 14.1. The van der Waals surface area contributed by atoms with Gasteiger partial charge in [-0.25, -0.2) is 14.8 Å². The molecule has 0 aliphatic carbocycles. The number of aromatic amines is 2. The molecule has 126 valence electrons. The zero-order valence-corrected chi connectivity index (χ0v) is 14.1. The molecule has 1 fully saturated rings. The van der Waals surface area contributed by atoms with Gasteiger partial charge in [0.15, 0.2) is 0 Å². The minimum Gasteiger partial charge on any atom is -0.444 e. The number of fused-ring (bicyclic) bond motifs is 3.